The van der Waals surface area contributed by atoms with Crippen molar-refractivity contribution >= 4 is 11.9 Å². The maximum atomic E-state index is 11.7. The van der Waals surface area contributed by atoms with E-state index in [1.807, 2.05) is 0 Å². The first-order valence-electron chi connectivity index (χ1n) is 6.29. The monoisotopic (exact) mass is 258 g/mol. The van der Waals surface area contributed by atoms with Crippen molar-refractivity contribution in [2.75, 3.05) is 13.1 Å². The molecule has 6 nitrogen and oxygen atoms in total. The SMILES string of the molecule is CC(C)OC(=O)C(C)CNC(=O)C1CC(O)CN1. The third-order valence-corrected chi connectivity index (χ3v) is 2.76. The normalized spacial score (nSPS) is 24.9. The third kappa shape index (κ3) is 4.62. The van der Waals surface area contributed by atoms with E-state index in [1.54, 1.807) is 20.8 Å². The van der Waals surface area contributed by atoms with Crippen LogP contribution in [0.2, 0.25) is 0 Å². The summed E-state index contributed by atoms with van der Waals surface area (Å²) in [5, 5.41) is 14.9. The topological polar surface area (TPSA) is 87.7 Å². The minimum absolute atomic E-state index is 0.151. The van der Waals surface area contributed by atoms with Crippen molar-refractivity contribution in [2.24, 2.45) is 5.92 Å². The average molecular weight is 258 g/mol. The molecule has 1 amide bonds. The molecule has 0 radical (unpaired) electrons. The summed E-state index contributed by atoms with van der Waals surface area (Å²) in [7, 11) is 0. The van der Waals surface area contributed by atoms with Crippen LogP contribution in [0.5, 0.6) is 0 Å². The Morgan fingerprint density at radius 3 is 2.61 bits per heavy atom. The molecule has 0 aromatic heterocycles. The van der Waals surface area contributed by atoms with E-state index in [9.17, 15) is 14.7 Å². The summed E-state index contributed by atoms with van der Waals surface area (Å²) < 4.78 is 5.04. The Morgan fingerprint density at radius 2 is 2.11 bits per heavy atom. The standard InChI is InChI=1S/C12H22N2O4/c1-7(2)18-12(17)8(3)5-14-11(16)10-4-9(15)6-13-10/h7-10,13,15H,4-6H2,1-3H3,(H,14,16). The number of hydrogen-bond donors (Lipinski definition) is 3. The summed E-state index contributed by atoms with van der Waals surface area (Å²) in [5.41, 5.74) is 0. The van der Waals surface area contributed by atoms with Crippen molar-refractivity contribution in [2.45, 2.75) is 45.4 Å². The second kappa shape index (κ2) is 6.70. The molecular weight excluding hydrogens is 236 g/mol. The lowest BCUT2D eigenvalue weighted by molar-refractivity contribution is -0.151. The molecule has 18 heavy (non-hydrogen) atoms. The molecule has 0 spiro atoms. The molecule has 1 aliphatic rings. The Hall–Kier alpha value is -1.14. The van der Waals surface area contributed by atoms with Crippen LogP contribution in [0.1, 0.15) is 27.2 Å². The van der Waals surface area contributed by atoms with Crippen LogP contribution >= 0.6 is 0 Å². The molecule has 1 saturated heterocycles. The number of rotatable bonds is 5. The van der Waals surface area contributed by atoms with Crippen molar-refractivity contribution < 1.29 is 19.4 Å². The first kappa shape index (κ1) is 14.9. The van der Waals surface area contributed by atoms with Gasteiger partial charge >= 0.3 is 5.97 Å². The number of carbonyl (C=O) groups is 2. The van der Waals surface area contributed by atoms with E-state index in [2.05, 4.69) is 10.6 Å². The average Bonchev–Trinajstić information content (AvgIpc) is 2.71. The number of aliphatic hydroxyl groups excluding tert-OH is 1. The molecule has 1 aliphatic heterocycles. The number of hydrogen-bond acceptors (Lipinski definition) is 5. The van der Waals surface area contributed by atoms with Gasteiger partial charge in [-0.15, -0.1) is 0 Å². The van der Waals surface area contributed by atoms with Crippen LogP contribution in [-0.2, 0) is 14.3 Å². The fourth-order valence-electron chi connectivity index (χ4n) is 1.73. The number of esters is 1. The van der Waals surface area contributed by atoms with E-state index in [4.69, 9.17) is 4.74 Å². The largest absolute Gasteiger partial charge is 0.463 e. The van der Waals surface area contributed by atoms with Crippen molar-refractivity contribution in [3.63, 3.8) is 0 Å². The summed E-state index contributed by atoms with van der Waals surface area (Å²) in [6.45, 7) is 5.96. The molecular formula is C12H22N2O4. The van der Waals surface area contributed by atoms with Crippen molar-refractivity contribution in [3.8, 4) is 0 Å². The molecule has 1 rings (SSSR count). The first-order valence-corrected chi connectivity index (χ1v) is 6.29. The zero-order chi connectivity index (χ0) is 13.7. The Labute approximate surface area is 107 Å². The van der Waals surface area contributed by atoms with Gasteiger partial charge in [0.1, 0.15) is 0 Å². The molecule has 0 saturated carbocycles. The highest BCUT2D eigenvalue weighted by Gasteiger charge is 2.28. The maximum absolute atomic E-state index is 11.7. The summed E-state index contributed by atoms with van der Waals surface area (Å²) in [6, 6.07) is -0.367. The number of nitrogens with one attached hydrogen (secondary N) is 2. The summed E-state index contributed by atoms with van der Waals surface area (Å²) in [5.74, 6) is -0.872. The summed E-state index contributed by atoms with van der Waals surface area (Å²) in [4.78, 5) is 23.2. The molecule has 1 heterocycles. The van der Waals surface area contributed by atoms with Crippen LogP contribution in [0.4, 0.5) is 0 Å². The van der Waals surface area contributed by atoms with Gasteiger partial charge in [0.15, 0.2) is 0 Å². The quantitative estimate of drug-likeness (QED) is 0.574. The van der Waals surface area contributed by atoms with Crippen LogP contribution in [0.15, 0.2) is 0 Å². The molecule has 104 valence electrons. The van der Waals surface area contributed by atoms with Gasteiger partial charge in [-0.25, -0.2) is 0 Å². The zero-order valence-corrected chi connectivity index (χ0v) is 11.1. The predicted molar refractivity (Wildman–Crippen MR) is 65.8 cm³/mol. The van der Waals surface area contributed by atoms with Crippen LogP contribution in [0, 0.1) is 5.92 Å². The molecule has 3 N–H and O–H groups in total. The fourth-order valence-corrected chi connectivity index (χ4v) is 1.73. The zero-order valence-electron chi connectivity index (χ0n) is 11.1. The van der Waals surface area contributed by atoms with Gasteiger partial charge in [0, 0.05) is 13.1 Å². The molecule has 0 aromatic rings. The minimum atomic E-state index is -0.468. The van der Waals surface area contributed by atoms with E-state index >= 15 is 0 Å². The minimum Gasteiger partial charge on any atom is -0.463 e. The second-order valence-electron chi connectivity index (χ2n) is 4.98. The van der Waals surface area contributed by atoms with Crippen molar-refractivity contribution in [1.29, 1.82) is 0 Å². The highest BCUT2D eigenvalue weighted by atomic mass is 16.5. The van der Waals surface area contributed by atoms with E-state index < -0.39 is 6.10 Å². The Balaban J connectivity index is 2.27. The van der Waals surface area contributed by atoms with Gasteiger partial charge in [-0.3, -0.25) is 9.59 Å². The maximum Gasteiger partial charge on any atom is 0.310 e. The lowest BCUT2D eigenvalue weighted by atomic mass is 10.1. The Kier molecular flexibility index (Phi) is 5.55. The van der Waals surface area contributed by atoms with E-state index in [1.165, 1.54) is 0 Å². The van der Waals surface area contributed by atoms with Gasteiger partial charge in [-0.2, -0.15) is 0 Å². The molecule has 3 atom stereocenters. The number of aliphatic hydroxyl groups is 1. The first-order chi connectivity index (χ1) is 8.40. The lowest BCUT2D eigenvalue weighted by Crippen LogP contribution is -2.43. The number of carbonyl (C=O) groups excluding carboxylic acids is 2. The van der Waals surface area contributed by atoms with Gasteiger partial charge in [-0.05, 0) is 20.3 Å². The summed E-state index contributed by atoms with van der Waals surface area (Å²) >= 11 is 0. The fraction of sp³-hybridized carbons (Fsp3) is 0.833. The molecule has 6 heteroatoms. The predicted octanol–water partition coefficient (Wildman–Crippen LogP) is -0.587. The number of β-amino-alcohol motifs (C(OH)–C–C–N with tert-alkyl or cyclic N) is 1. The molecule has 0 aromatic carbocycles. The Bertz CT molecular complexity index is 306. The summed E-state index contributed by atoms with van der Waals surface area (Å²) in [6.07, 6.45) is -0.206. The van der Waals surface area contributed by atoms with Gasteiger partial charge in [-0.1, -0.05) is 6.92 Å². The van der Waals surface area contributed by atoms with Crippen molar-refractivity contribution in [1.82, 2.24) is 10.6 Å². The highest BCUT2D eigenvalue weighted by molar-refractivity contribution is 5.82. The van der Waals surface area contributed by atoms with Crippen LogP contribution < -0.4 is 10.6 Å². The van der Waals surface area contributed by atoms with Gasteiger partial charge in [0.25, 0.3) is 0 Å². The van der Waals surface area contributed by atoms with Gasteiger partial charge in [0.05, 0.1) is 24.2 Å². The number of ether oxygens (including phenoxy) is 1. The third-order valence-electron chi connectivity index (χ3n) is 2.76. The number of amides is 1. The van der Waals surface area contributed by atoms with Crippen molar-refractivity contribution in [3.05, 3.63) is 0 Å². The smallest absolute Gasteiger partial charge is 0.310 e. The van der Waals surface area contributed by atoms with Gasteiger partial charge in [0.2, 0.25) is 5.91 Å². The van der Waals surface area contributed by atoms with E-state index in [-0.39, 0.29) is 36.5 Å². The van der Waals surface area contributed by atoms with Gasteiger partial charge < -0.3 is 20.5 Å². The van der Waals surface area contributed by atoms with Crippen LogP contribution in [0.3, 0.4) is 0 Å². The van der Waals surface area contributed by atoms with Crippen LogP contribution in [-0.4, -0.2) is 48.3 Å². The van der Waals surface area contributed by atoms with E-state index in [0.717, 1.165) is 0 Å². The lowest BCUT2D eigenvalue weighted by Gasteiger charge is -2.16. The molecule has 0 aliphatic carbocycles. The molecule has 3 unspecified atom stereocenters. The van der Waals surface area contributed by atoms with Crippen LogP contribution in [0.25, 0.3) is 0 Å². The highest BCUT2D eigenvalue weighted by Crippen LogP contribution is 2.06. The second-order valence-corrected chi connectivity index (χ2v) is 4.98. The van der Waals surface area contributed by atoms with E-state index in [0.29, 0.717) is 13.0 Å². The Morgan fingerprint density at radius 1 is 1.44 bits per heavy atom. The molecule has 0 bridgehead atoms. The molecule has 1 fully saturated rings.